The third kappa shape index (κ3) is 3.29. The maximum Gasteiger partial charge on any atom is 0.236 e. The number of imide groups is 1. The van der Waals surface area contributed by atoms with Crippen molar-refractivity contribution in [3.05, 3.63) is 35.9 Å². The van der Waals surface area contributed by atoms with Crippen molar-refractivity contribution in [2.45, 2.75) is 52.6 Å². The van der Waals surface area contributed by atoms with E-state index in [1.54, 1.807) is 0 Å². The third-order valence-corrected chi connectivity index (χ3v) is 5.38. The van der Waals surface area contributed by atoms with Gasteiger partial charge in [-0.1, -0.05) is 51.6 Å². The minimum absolute atomic E-state index is 0. The van der Waals surface area contributed by atoms with Crippen molar-refractivity contribution in [1.82, 2.24) is 4.90 Å². The number of carbonyl (C=O) groups excluding carboxylic acids is 2. The summed E-state index contributed by atoms with van der Waals surface area (Å²) in [4.78, 5) is 26.5. The van der Waals surface area contributed by atoms with Gasteiger partial charge in [0.25, 0.3) is 0 Å². The molecule has 3 N–H and O–H groups in total. The first-order valence-electron chi connectivity index (χ1n) is 8.94. The minimum Gasteiger partial charge on any atom is -0.390 e. The number of hydrogen-bond acceptors (Lipinski definition) is 5. The number of amides is 2. The minimum atomic E-state index is -0.648. The molecule has 2 amide bonds. The number of likely N-dealkylation sites (tertiary alicyclic amines) is 1. The Labute approximate surface area is 155 Å². The molecule has 144 valence electrons. The van der Waals surface area contributed by atoms with E-state index in [2.05, 4.69) is 6.92 Å². The zero-order valence-electron chi connectivity index (χ0n) is 14.7. The van der Waals surface area contributed by atoms with Crippen LogP contribution >= 0.6 is 0 Å². The number of aliphatic hydroxyl groups is 1. The highest BCUT2D eigenvalue weighted by Crippen LogP contribution is 2.51. The van der Waals surface area contributed by atoms with Gasteiger partial charge in [-0.25, -0.2) is 0 Å². The second kappa shape index (κ2) is 8.29. The number of benzene rings is 1. The first kappa shape index (κ1) is 20.6. The van der Waals surface area contributed by atoms with Gasteiger partial charge in [0.1, 0.15) is 0 Å². The lowest BCUT2D eigenvalue weighted by Crippen LogP contribution is -2.43. The lowest BCUT2D eigenvalue weighted by atomic mass is 9.74. The van der Waals surface area contributed by atoms with Crippen molar-refractivity contribution in [1.29, 1.82) is 0 Å². The van der Waals surface area contributed by atoms with E-state index >= 15 is 0 Å². The molecule has 3 heterocycles. The van der Waals surface area contributed by atoms with Crippen LogP contribution in [0.4, 0.5) is 0 Å². The van der Waals surface area contributed by atoms with Crippen LogP contribution in [0.5, 0.6) is 0 Å². The summed E-state index contributed by atoms with van der Waals surface area (Å²) in [6.07, 6.45) is -0.399. The molecule has 1 aromatic rings. The van der Waals surface area contributed by atoms with Crippen LogP contribution in [0, 0.1) is 17.8 Å². The Hall–Kier alpha value is -1.76. The Morgan fingerprint density at radius 1 is 1.12 bits per heavy atom. The Balaban J connectivity index is 0.000000444. The van der Waals surface area contributed by atoms with E-state index in [9.17, 15) is 14.7 Å². The first-order valence-corrected chi connectivity index (χ1v) is 8.94. The highest BCUT2D eigenvalue weighted by atomic mass is 16.5. The molecule has 0 radical (unpaired) electrons. The van der Waals surface area contributed by atoms with Crippen molar-refractivity contribution in [2.24, 2.45) is 23.5 Å². The monoisotopic (exact) mass is 362 g/mol. The number of fused-ring (bicyclic) bond motifs is 5. The van der Waals surface area contributed by atoms with Gasteiger partial charge in [-0.05, 0) is 18.5 Å². The fourth-order valence-corrected chi connectivity index (χ4v) is 3.98. The molecule has 4 rings (SSSR count). The molecule has 3 aliphatic rings. The Morgan fingerprint density at radius 2 is 1.65 bits per heavy atom. The summed E-state index contributed by atoms with van der Waals surface area (Å²) < 4.78 is 5.68. The van der Waals surface area contributed by atoms with E-state index in [1.165, 1.54) is 4.90 Å². The van der Waals surface area contributed by atoms with Gasteiger partial charge in [-0.2, -0.15) is 0 Å². The fraction of sp³-hybridized carbons (Fsp3) is 0.600. The topological polar surface area (TPSA) is 92.9 Å². The van der Waals surface area contributed by atoms with E-state index < -0.39 is 24.0 Å². The molecule has 4 unspecified atom stereocenters. The summed E-state index contributed by atoms with van der Waals surface area (Å²) in [5.41, 5.74) is 5.96. The van der Waals surface area contributed by atoms with Crippen molar-refractivity contribution < 1.29 is 19.4 Å². The fourth-order valence-electron chi connectivity index (χ4n) is 3.98. The van der Waals surface area contributed by atoms with Crippen molar-refractivity contribution in [3.8, 4) is 0 Å². The van der Waals surface area contributed by atoms with Crippen molar-refractivity contribution in [2.75, 3.05) is 6.54 Å². The van der Waals surface area contributed by atoms with Crippen LogP contribution in [0.25, 0.3) is 0 Å². The number of carbonyl (C=O) groups is 2. The Bertz CT molecular complexity index is 602. The Kier molecular flexibility index (Phi) is 6.55. The normalized spacial score (nSPS) is 34.2. The number of hydrogen-bond donors (Lipinski definition) is 2. The first-order chi connectivity index (χ1) is 12.0. The SMILES string of the molecule is C.CCCN.C[C@H]1C(O)C2O[C@H]1C1C(=O)N(Cc3ccccc3)C(=O)C21. The Morgan fingerprint density at radius 3 is 2.19 bits per heavy atom. The zero-order valence-corrected chi connectivity index (χ0v) is 14.7. The smallest absolute Gasteiger partial charge is 0.236 e. The highest BCUT2D eigenvalue weighted by molar-refractivity contribution is 6.06. The molecule has 0 saturated carbocycles. The van der Waals surface area contributed by atoms with Gasteiger partial charge in [0.15, 0.2) is 0 Å². The number of nitrogens with two attached hydrogens (primary N) is 1. The quantitative estimate of drug-likeness (QED) is 0.796. The standard InChI is InChI=1S/C16H17NO4.C3H9N.CH4/c1-8-12(18)14-11-10(13(8)21-14)15(19)17(16(11)20)7-9-5-3-2-4-6-9;1-2-3-4;/h2-6,8,10-14,18H,7H2,1H3;2-4H2,1H3;1H4/t8-,10?,11?,12?,13+,14?;;/m0../s1. The van der Waals surface area contributed by atoms with Crippen molar-refractivity contribution >= 4 is 11.8 Å². The van der Waals surface area contributed by atoms with Gasteiger partial charge in [0.2, 0.25) is 11.8 Å². The molecule has 3 aliphatic heterocycles. The van der Waals surface area contributed by atoms with E-state index in [0.29, 0.717) is 6.54 Å². The zero-order chi connectivity index (χ0) is 18.1. The maximum atomic E-state index is 12.6. The second-order valence-electron chi connectivity index (χ2n) is 7.00. The second-order valence-corrected chi connectivity index (χ2v) is 7.00. The van der Waals surface area contributed by atoms with Gasteiger partial charge in [0, 0.05) is 5.92 Å². The van der Waals surface area contributed by atoms with E-state index in [1.807, 2.05) is 37.3 Å². The predicted octanol–water partition coefficient (Wildman–Crippen LogP) is 1.56. The van der Waals surface area contributed by atoms with E-state index in [-0.39, 0.29) is 31.3 Å². The molecular formula is C20H30N2O4. The third-order valence-electron chi connectivity index (χ3n) is 5.38. The highest BCUT2D eigenvalue weighted by Gasteiger charge is 2.67. The largest absolute Gasteiger partial charge is 0.390 e. The molecule has 26 heavy (non-hydrogen) atoms. The van der Waals surface area contributed by atoms with Gasteiger partial charge >= 0.3 is 0 Å². The number of rotatable bonds is 3. The van der Waals surface area contributed by atoms with Gasteiger partial charge < -0.3 is 15.6 Å². The van der Waals surface area contributed by atoms with Crippen LogP contribution < -0.4 is 5.73 Å². The number of ether oxygens (including phenoxy) is 1. The predicted molar refractivity (Wildman–Crippen MR) is 98.9 cm³/mol. The van der Waals surface area contributed by atoms with Crippen LogP contribution in [0.15, 0.2) is 30.3 Å². The molecule has 3 saturated heterocycles. The molecule has 6 nitrogen and oxygen atoms in total. The van der Waals surface area contributed by atoms with Gasteiger partial charge in [-0.15, -0.1) is 0 Å². The molecular weight excluding hydrogens is 332 g/mol. The maximum absolute atomic E-state index is 12.6. The van der Waals surface area contributed by atoms with Crippen molar-refractivity contribution in [3.63, 3.8) is 0 Å². The molecule has 0 aliphatic carbocycles. The molecule has 2 bridgehead atoms. The lowest BCUT2D eigenvalue weighted by molar-refractivity contribution is -0.143. The summed E-state index contributed by atoms with van der Waals surface area (Å²) >= 11 is 0. The van der Waals surface area contributed by atoms with Crippen LogP contribution in [0.2, 0.25) is 0 Å². The van der Waals surface area contributed by atoms with Crippen LogP contribution in [-0.2, 0) is 20.9 Å². The summed E-state index contributed by atoms with van der Waals surface area (Å²) in [7, 11) is 0. The van der Waals surface area contributed by atoms with Gasteiger partial charge in [0.05, 0.1) is 36.7 Å². The van der Waals surface area contributed by atoms with Crippen LogP contribution in [0.1, 0.15) is 33.3 Å². The van der Waals surface area contributed by atoms with E-state index in [4.69, 9.17) is 10.5 Å². The number of aliphatic hydroxyl groups excluding tert-OH is 1. The summed E-state index contributed by atoms with van der Waals surface area (Å²) in [6, 6.07) is 9.48. The molecule has 3 fully saturated rings. The van der Waals surface area contributed by atoms with Crippen LogP contribution in [0.3, 0.4) is 0 Å². The number of nitrogens with zero attached hydrogens (tertiary/aromatic N) is 1. The summed E-state index contributed by atoms with van der Waals surface area (Å²) in [6.45, 7) is 5.05. The molecule has 6 atom stereocenters. The average molecular weight is 362 g/mol. The van der Waals surface area contributed by atoms with E-state index in [0.717, 1.165) is 18.5 Å². The molecule has 0 spiro atoms. The molecule has 6 heteroatoms. The average Bonchev–Trinajstić information content (AvgIpc) is 3.23. The summed E-state index contributed by atoms with van der Waals surface area (Å²) in [5, 5.41) is 10.1. The van der Waals surface area contributed by atoms with Gasteiger partial charge in [-0.3, -0.25) is 14.5 Å². The lowest BCUT2D eigenvalue weighted by Gasteiger charge is -2.26. The van der Waals surface area contributed by atoms with Crippen LogP contribution in [-0.4, -0.2) is 46.7 Å². The molecule has 1 aromatic carbocycles. The molecule has 0 aromatic heterocycles. The summed E-state index contributed by atoms with van der Waals surface area (Å²) in [5.74, 6) is -1.36.